The Bertz CT molecular complexity index is 1000. The summed E-state index contributed by atoms with van der Waals surface area (Å²) in [7, 11) is 3.01. The number of aromatic nitrogens is 2. The molecule has 1 aromatic heterocycles. The van der Waals surface area contributed by atoms with Crippen molar-refractivity contribution in [2.45, 2.75) is 44.6 Å². The Labute approximate surface area is 200 Å². The lowest BCUT2D eigenvalue weighted by Crippen LogP contribution is -2.47. The van der Waals surface area contributed by atoms with Gasteiger partial charge in [-0.15, -0.1) is 0 Å². The number of ether oxygens (including phenoxy) is 2. The lowest BCUT2D eigenvalue weighted by atomic mass is 9.65. The van der Waals surface area contributed by atoms with Gasteiger partial charge in [0.2, 0.25) is 11.7 Å². The molecule has 2 aliphatic rings. The Balaban J connectivity index is 1.36. The van der Waals surface area contributed by atoms with Crippen LogP contribution < -0.4 is 25.8 Å². The predicted molar refractivity (Wildman–Crippen MR) is 130 cm³/mol. The highest BCUT2D eigenvalue weighted by molar-refractivity contribution is 5.54. The van der Waals surface area contributed by atoms with Crippen molar-refractivity contribution in [2.75, 3.05) is 37.9 Å². The average Bonchev–Trinajstić information content (AvgIpc) is 2.84. The van der Waals surface area contributed by atoms with Crippen LogP contribution in [0, 0.1) is 29.1 Å². The molecule has 2 bridgehead atoms. The number of nitriles is 1. The van der Waals surface area contributed by atoms with E-state index in [1.807, 2.05) is 0 Å². The lowest BCUT2D eigenvalue weighted by Gasteiger charge is -2.44. The molecule has 0 spiro atoms. The number of hydrogen-bond donors (Lipinski definition) is 4. The van der Waals surface area contributed by atoms with Crippen molar-refractivity contribution in [1.82, 2.24) is 9.97 Å². The molecule has 2 saturated carbocycles. The van der Waals surface area contributed by atoms with E-state index in [0.29, 0.717) is 65.6 Å². The van der Waals surface area contributed by atoms with Crippen LogP contribution in [-0.4, -0.2) is 48.4 Å². The first kappa shape index (κ1) is 23.9. The van der Waals surface area contributed by atoms with E-state index in [1.165, 1.54) is 33.5 Å². The number of nitrogens with two attached hydrogens (primary N) is 1. The Morgan fingerprint density at radius 2 is 1.82 bits per heavy atom. The summed E-state index contributed by atoms with van der Waals surface area (Å²) in [5, 5.41) is 26.2. The van der Waals surface area contributed by atoms with Gasteiger partial charge in [-0.1, -0.05) is 6.42 Å². The second-order valence-corrected chi connectivity index (χ2v) is 9.34. The molecule has 4 atom stereocenters. The Morgan fingerprint density at radius 1 is 1.15 bits per heavy atom. The fourth-order valence-corrected chi connectivity index (χ4v) is 5.42. The lowest BCUT2D eigenvalue weighted by molar-refractivity contribution is 0.112. The van der Waals surface area contributed by atoms with E-state index >= 15 is 0 Å². The van der Waals surface area contributed by atoms with Crippen molar-refractivity contribution in [3.63, 3.8) is 0 Å². The first-order valence-electron chi connectivity index (χ1n) is 12.0. The number of hydrogen-bond acceptors (Lipinski definition) is 9. The molecular formula is C25H34N6O3. The van der Waals surface area contributed by atoms with Gasteiger partial charge in [-0.05, 0) is 67.6 Å². The number of fused-ring (bicyclic) bond motifs is 2. The molecule has 9 heteroatoms. The van der Waals surface area contributed by atoms with Crippen LogP contribution in [0.15, 0.2) is 18.3 Å². The van der Waals surface area contributed by atoms with Crippen LogP contribution in [0.1, 0.15) is 43.2 Å². The van der Waals surface area contributed by atoms with E-state index in [1.54, 1.807) is 18.3 Å². The van der Waals surface area contributed by atoms with Crippen molar-refractivity contribution in [3.8, 4) is 23.3 Å². The topological polar surface area (TPSA) is 138 Å². The smallest absolute Gasteiger partial charge is 0.224 e. The number of aromatic hydroxyl groups is 1. The van der Waals surface area contributed by atoms with Crippen LogP contribution in [0.4, 0.5) is 11.8 Å². The maximum absolute atomic E-state index is 10.1. The molecule has 5 N–H and O–H groups in total. The van der Waals surface area contributed by atoms with Gasteiger partial charge in [-0.2, -0.15) is 10.2 Å². The third kappa shape index (κ3) is 5.28. The van der Waals surface area contributed by atoms with Crippen molar-refractivity contribution in [3.05, 3.63) is 29.5 Å². The van der Waals surface area contributed by atoms with Crippen LogP contribution in [0.2, 0.25) is 0 Å². The third-order valence-corrected chi connectivity index (χ3v) is 7.21. The number of nitrogens with zero attached hydrogens (tertiary/aromatic N) is 3. The van der Waals surface area contributed by atoms with Crippen LogP contribution >= 0.6 is 0 Å². The van der Waals surface area contributed by atoms with Gasteiger partial charge in [0.1, 0.15) is 17.5 Å². The molecule has 2 fully saturated rings. The number of nitrogens with one attached hydrogen (secondary N) is 2. The summed E-state index contributed by atoms with van der Waals surface area (Å²) in [6.07, 6.45) is 8.24. The van der Waals surface area contributed by atoms with Gasteiger partial charge in [0.25, 0.3) is 0 Å². The van der Waals surface area contributed by atoms with Crippen LogP contribution in [0.5, 0.6) is 17.2 Å². The molecule has 9 nitrogen and oxygen atoms in total. The molecule has 182 valence electrons. The van der Waals surface area contributed by atoms with Gasteiger partial charge in [-0.3, -0.25) is 0 Å². The van der Waals surface area contributed by atoms with Gasteiger partial charge < -0.3 is 30.9 Å². The summed E-state index contributed by atoms with van der Waals surface area (Å²) in [6, 6.07) is 6.08. The molecule has 2 unspecified atom stereocenters. The van der Waals surface area contributed by atoms with Gasteiger partial charge in [-0.25, -0.2) is 4.98 Å². The number of methoxy groups -OCH3 is 2. The summed E-state index contributed by atoms with van der Waals surface area (Å²) in [6.45, 7) is 1.35. The monoisotopic (exact) mass is 466 g/mol. The summed E-state index contributed by atoms with van der Waals surface area (Å²) >= 11 is 0. The summed E-state index contributed by atoms with van der Waals surface area (Å²) in [5.41, 5.74) is 7.80. The van der Waals surface area contributed by atoms with E-state index in [-0.39, 0.29) is 5.75 Å². The van der Waals surface area contributed by atoms with Gasteiger partial charge >= 0.3 is 0 Å². The molecule has 0 saturated heterocycles. The largest absolute Gasteiger partial charge is 0.502 e. The molecule has 2 aromatic rings. The summed E-state index contributed by atoms with van der Waals surface area (Å²) in [4.78, 5) is 8.84. The second kappa shape index (κ2) is 10.8. The quantitative estimate of drug-likeness (QED) is 0.438. The number of phenols is 1. The molecule has 34 heavy (non-hydrogen) atoms. The zero-order valence-electron chi connectivity index (χ0n) is 19.9. The Hall–Kier alpha value is -3.25. The number of anilines is 2. The Morgan fingerprint density at radius 3 is 2.44 bits per heavy atom. The standard InChI is InChI=1S/C25H34N6O3/c1-33-20-10-15(11-21(34-2)23(20)32)6-7-28-25-30-14-19(12-26)24(31-25)29-13-16-8-17-4-3-5-18(9-16)22(17)27/h10-11,14,16-18,22,32H,3-9,13,27H2,1-2H3,(H2,28,29,30,31)/t16?,17-,18+,22?. The van der Waals surface area contributed by atoms with E-state index in [4.69, 9.17) is 15.2 Å². The molecule has 0 amide bonds. The van der Waals surface area contributed by atoms with E-state index in [2.05, 4.69) is 26.7 Å². The SMILES string of the molecule is COc1cc(CCNc2ncc(C#N)c(NCC3C[C@H]4CCC[C@@H](C3)C4N)n2)cc(OC)c1O. The molecule has 1 heterocycles. The zero-order chi connectivity index (χ0) is 24.1. The van der Waals surface area contributed by atoms with Crippen molar-refractivity contribution in [2.24, 2.45) is 23.5 Å². The van der Waals surface area contributed by atoms with Crippen LogP contribution in [0.25, 0.3) is 0 Å². The normalized spacial score (nSPS) is 23.6. The maximum Gasteiger partial charge on any atom is 0.224 e. The predicted octanol–water partition coefficient (Wildman–Crippen LogP) is 3.29. The third-order valence-electron chi connectivity index (χ3n) is 7.21. The number of rotatable bonds is 9. The highest BCUT2D eigenvalue weighted by Gasteiger charge is 2.37. The van der Waals surface area contributed by atoms with Crippen molar-refractivity contribution < 1.29 is 14.6 Å². The Kier molecular flexibility index (Phi) is 7.58. The summed E-state index contributed by atoms with van der Waals surface area (Å²) < 4.78 is 10.4. The fourth-order valence-electron chi connectivity index (χ4n) is 5.42. The molecule has 4 rings (SSSR count). The summed E-state index contributed by atoms with van der Waals surface area (Å²) in [5.74, 6) is 3.52. The fraction of sp³-hybridized carbons (Fsp3) is 0.560. The van der Waals surface area contributed by atoms with E-state index < -0.39 is 0 Å². The highest BCUT2D eigenvalue weighted by Crippen LogP contribution is 2.42. The molecule has 0 aliphatic heterocycles. The number of phenolic OH excluding ortho intramolecular Hbond substituents is 1. The minimum atomic E-state index is -0.0172. The zero-order valence-corrected chi connectivity index (χ0v) is 19.9. The van der Waals surface area contributed by atoms with E-state index in [0.717, 1.165) is 24.9 Å². The minimum absolute atomic E-state index is 0.0172. The molecular weight excluding hydrogens is 432 g/mol. The first-order valence-corrected chi connectivity index (χ1v) is 12.0. The molecule has 2 aliphatic carbocycles. The highest BCUT2D eigenvalue weighted by atomic mass is 16.5. The van der Waals surface area contributed by atoms with E-state index in [9.17, 15) is 10.4 Å². The molecule has 1 aromatic carbocycles. The van der Waals surface area contributed by atoms with Gasteiger partial charge in [0, 0.05) is 19.1 Å². The first-order chi connectivity index (χ1) is 16.5. The van der Waals surface area contributed by atoms with Gasteiger partial charge in [0.15, 0.2) is 11.5 Å². The second-order valence-electron chi connectivity index (χ2n) is 9.34. The van der Waals surface area contributed by atoms with Crippen molar-refractivity contribution in [1.29, 1.82) is 5.26 Å². The minimum Gasteiger partial charge on any atom is -0.502 e. The molecule has 0 radical (unpaired) electrons. The van der Waals surface area contributed by atoms with Crippen LogP contribution in [0.3, 0.4) is 0 Å². The van der Waals surface area contributed by atoms with Crippen molar-refractivity contribution >= 4 is 11.8 Å². The maximum atomic E-state index is 10.1. The average molecular weight is 467 g/mol. The van der Waals surface area contributed by atoms with Crippen LogP contribution in [-0.2, 0) is 6.42 Å². The van der Waals surface area contributed by atoms with Gasteiger partial charge in [0.05, 0.1) is 20.4 Å². The number of benzene rings is 1.